The van der Waals surface area contributed by atoms with Gasteiger partial charge < -0.3 is 10.1 Å². The third-order valence-corrected chi connectivity index (χ3v) is 6.10. The summed E-state index contributed by atoms with van der Waals surface area (Å²) in [4.78, 5) is 0.104. The average molecular weight is 417 g/mol. The van der Waals surface area contributed by atoms with Gasteiger partial charge in [-0.2, -0.15) is 5.10 Å². The zero-order valence-electron chi connectivity index (χ0n) is 16.8. The van der Waals surface area contributed by atoms with Gasteiger partial charge in [0.15, 0.2) is 5.82 Å². The lowest BCUT2D eigenvalue weighted by Gasteiger charge is -2.11. The lowest BCUT2D eigenvalue weighted by Crippen LogP contribution is -2.29. The maximum Gasteiger partial charge on any atom is 0.244 e. The minimum absolute atomic E-state index is 0.104. The summed E-state index contributed by atoms with van der Waals surface area (Å²) in [5.41, 5.74) is 3.09. The summed E-state index contributed by atoms with van der Waals surface area (Å²) in [6.45, 7) is 6.48. The topological polar surface area (TPSA) is 111 Å². The van der Waals surface area contributed by atoms with Crippen molar-refractivity contribution in [1.82, 2.24) is 24.7 Å². The summed E-state index contributed by atoms with van der Waals surface area (Å²) in [5.74, 6) is 1.47. The number of sulfonamides is 1. The van der Waals surface area contributed by atoms with Gasteiger partial charge >= 0.3 is 0 Å². The molecule has 3 aromatic rings. The van der Waals surface area contributed by atoms with Crippen LogP contribution in [0.25, 0.3) is 5.82 Å². The van der Waals surface area contributed by atoms with Gasteiger partial charge in [-0.05, 0) is 50.6 Å². The molecule has 0 unspecified atom stereocenters. The molecule has 0 aliphatic heterocycles. The zero-order chi connectivity index (χ0) is 21.0. The van der Waals surface area contributed by atoms with Crippen LogP contribution < -0.4 is 14.8 Å². The van der Waals surface area contributed by atoms with Gasteiger partial charge in [0.25, 0.3) is 0 Å². The van der Waals surface area contributed by atoms with Crippen molar-refractivity contribution in [2.24, 2.45) is 0 Å². The van der Waals surface area contributed by atoms with E-state index in [9.17, 15) is 8.42 Å². The van der Waals surface area contributed by atoms with Gasteiger partial charge in [-0.25, -0.2) is 17.8 Å². The standard InChI is InChI=1S/C19H24N6O3S/c1-13-14(2)24-25(15(13)3)19-10-9-18(22-23-19)20-11-12-21-29(26,27)17-8-6-5-7-16(17)28-4/h5-10,21H,11-12H2,1-4H3,(H,20,22). The van der Waals surface area contributed by atoms with E-state index in [1.807, 2.05) is 26.8 Å². The molecule has 3 rings (SSSR count). The van der Waals surface area contributed by atoms with Crippen LogP contribution >= 0.6 is 0 Å². The molecule has 29 heavy (non-hydrogen) atoms. The number of nitrogens with one attached hydrogen (secondary N) is 2. The van der Waals surface area contributed by atoms with Crippen LogP contribution in [0.1, 0.15) is 17.0 Å². The number of rotatable bonds is 8. The highest BCUT2D eigenvalue weighted by atomic mass is 32.2. The summed E-state index contributed by atoms with van der Waals surface area (Å²) in [5, 5.41) is 15.8. The number of para-hydroxylation sites is 1. The van der Waals surface area contributed by atoms with Gasteiger partial charge in [0.1, 0.15) is 16.5 Å². The number of nitrogens with zero attached hydrogens (tertiary/aromatic N) is 4. The number of anilines is 1. The van der Waals surface area contributed by atoms with Gasteiger partial charge in [-0.15, -0.1) is 10.2 Å². The molecular weight excluding hydrogens is 392 g/mol. The Morgan fingerprint density at radius 1 is 1.03 bits per heavy atom. The lowest BCUT2D eigenvalue weighted by molar-refractivity contribution is 0.402. The van der Waals surface area contributed by atoms with Gasteiger partial charge in [-0.3, -0.25) is 0 Å². The van der Waals surface area contributed by atoms with Gasteiger partial charge in [-0.1, -0.05) is 12.1 Å². The molecule has 0 spiro atoms. The number of hydrogen-bond donors (Lipinski definition) is 2. The van der Waals surface area contributed by atoms with E-state index in [4.69, 9.17) is 4.74 Å². The molecule has 0 saturated heterocycles. The van der Waals surface area contributed by atoms with Crippen molar-refractivity contribution in [2.45, 2.75) is 25.7 Å². The molecule has 1 aromatic carbocycles. The summed E-state index contributed by atoms with van der Waals surface area (Å²) in [6, 6.07) is 10.1. The molecule has 0 atom stereocenters. The lowest BCUT2D eigenvalue weighted by atomic mass is 10.2. The first-order chi connectivity index (χ1) is 13.8. The Kier molecular flexibility index (Phi) is 6.14. The number of ether oxygens (including phenoxy) is 1. The fourth-order valence-corrected chi connectivity index (χ4v) is 3.97. The monoisotopic (exact) mass is 416 g/mol. The second kappa shape index (κ2) is 8.58. The first-order valence-electron chi connectivity index (χ1n) is 9.07. The second-order valence-electron chi connectivity index (χ2n) is 6.46. The van der Waals surface area contributed by atoms with Gasteiger partial charge in [0.2, 0.25) is 10.0 Å². The Balaban J connectivity index is 1.58. The predicted octanol–water partition coefficient (Wildman–Crippen LogP) is 1.99. The number of benzene rings is 1. The van der Waals surface area contributed by atoms with Crippen molar-refractivity contribution >= 4 is 15.8 Å². The highest BCUT2D eigenvalue weighted by Crippen LogP contribution is 2.22. The van der Waals surface area contributed by atoms with E-state index in [0.29, 0.717) is 23.9 Å². The van der Waals surface area contributed by atoms with Crippen LogP contribution in [0.5, 0.6) is 5.75 Å². The van der Waals surface area contributed by atoms with Gasteiger partial charge in [0, 0.05) is 18.8 Å². The molecule has 0 fully saturated rings. The molecule has 0 aliphatic rings. The van der Waals surface area contributed by atoms with E-state index in [0.717, 1.165) is 17.0 Å². The second-order valence-corrected chi connectivity index (χ2v) is 8.20. The first kappa shape index (κ1) is 20.7. The predicted molar refractivity (Wildman–Crippen MR) is 110 cm³/mol. The van der Waals surface area contributed by atoms with E-state index >= 15 is 0 Å². The van der Waals surface area contributed by atoms with Crippen molar-refractivity contribution in [1.29, 1.82) is 0 Å². The van der Waals surface area contributed by atoms with Crippen LogP contribution in [0, 0.1) is 20.8 Å². The molecule has 0 amide bonds. The smallest absolute Gasteiger partial charge is 0.244 e. The van der Waals surface area contributed by atoms with Crippen molar-refractivity contribution in [3.63, 3.8) is 0 Å². The summed E-state index contributed by atoms with van der Waals surface area (Å²) in [6.07, 6.45) is 0. The fourth-order valence-electron chi connectivity index (χ4n) is 2.77. The van der Waals surface area contributed by atoms with E-state index in [2.05, 4.69) is 25.3 Å². The normalized spacial score (nSPS) is 11.4. The summed E-state index contributed by atoms with van der Waals surface area (Å²) < 4.78 is 34.3. The van der Waals surface area contributed by atoms with Crippen LogP contribution in [0.3, 0.4) is 0 Å². The van der Waals surface area contributed by atoms with Crippen molar-refractivity contribution in [2.75, 3.05) is 25.5 Å². The molecule has 2 heterocycles. The maximum atomic E-state index is 12.4. The van der Waals surface area contributed by atoms with Crippen LogP contribution in [-0.2, 0) is 10.0 Å². The van der Waals surface area contributed by atoms with Crippen LogP contribution in [-0.4, -0.2) is 48.6 Å². The van der Waals surface area contributed by atoms with Crippen LogP contribution in [0.4, 0.5) is 5.82 Å². The Labute approximate surface area is 170 Å². The van der Waals surface area contributed by atoms with Crippen molar-refractivity contribution in [3.05, 3.63) is 53.3 Å². The molecule has 2 aromatic heterocycles. The van der Waals surface area contributed by atoms with E-state index in [1.165, 1.54) is 13.2 Å². The Bertz CT molecular complexity index is 1090. The molecule has 2 N–H and O–H groups in total. The zero-order valence-corrected chi connectivity index (χ0v) is 17.6. The van der Waals surface area contributed by atoms with Gasteiger partial charge in [0.05, 0.1) is 12.8 Å². The largest absolute Gasteiger partial charge is 0.495 e. The third-order valence-electron chi connectivity index (χ3n) is 4.60. The first-order valence-corrected chi connectivity index (χ1v) is 10.6. The van der Waals surface area contributed by atoms with Crippen LogP contribution in [0.15, 0.2) is 41.3 Å². The Morgan fingerprint density at radius 2 is 1.79 bits per heavy atom. The minimum atomic E-state index is -3.67. The summed E-state index contributed by atoms with van der Waals surface area (Å²) >= 11 is 0. The van der Waals surface area contributed by atoms with Crippen molar-refractivity contribution < 1.29 is 13.2 Å². The number of methoxy groups -OCH3 is 1. The highest BCUT2D eigenvalue weighted by molar-refractivity contribution is 7.89. The van der Waals surface area contributed by atoms with E-state index < -0.39 is 10.0 Å². The van der Waals surface area contributed by atoms with E-state index in [-0.39, 0.29) is 11.4 Å². The van der Waals surface area contributed by atoms with Crippen LogP contribution in [0.2, 0.25) is 0 Å². The molecule has 154 valence electrons. The quantitative estimate of drug-likeness (QED) is 0.540. The minimum Gasteiger partial charge on any atom is -0.495 e. The number of hydrogen-bond acceptors (Lipinski definition) is 7. The molecule has 0 saturated carbocycles. The molecular formula is C19H24N6O3S. The van der Waals surface area contributed by atoms with Crippen molar-refractivity contribution in [3.8, 4) is 11.6 Å². The molecule has 10 heteroatoms. The molecule has 0 radical (unpaired) electrons. The molecule has 0 aliphatic carbocycles. The summed E-state index contributed by atoms with van der Waals surface area (Å²) in [7, 11) is -2.23. The Hall–Kier alpha value is -2.98. The third kappa shape index (κ3) is 4.54. The molecule has 0 bridgehead atoms. The van der Waals surface area contributed by atoms with E-state index in [1.54, 1.807) is 28.9 Å². The molecule has 9 nitrogen and oxygen atoms in total. The fraction of sp³-hybridized carbons (Fsp3) is 0.316. The Morgan fingerprint density at radius 3 is 2.41 bits per heavy atom. The number of aromatic nitrogens is 4. The average Bonchev–Trinajstić information content (AvgIpc) is 2.99. The highest BCUT2D eigenvalue weighted by Gasteiger charge is 2.18. The number of aryl methyl sites for hydroxylation is 1. The SMILES string of the molecule is COc1ccccc1S(=O)(=O)NCCNc1ccc(-n2nc(C)c(C)c2C)nn1. The maximum absolute atomic E-state index is 12.4.